The Morgan fingerprint density at radius 2 is 1.85 bits per heavy atom. The number of aromatic hydroxyl groups is 1. The number of benzene rings is 2. The monoisotopic (exact) mass is 518 g/mol. The van der Waals surface area contributed by atoms with E-state index in [9.17, 15) is 9.90 Å². The van der Waals surface area contributed by atoms with E-state index in [0.717, 1.165) is 34.0 Å². The molecule has 4 N–H and O–H groups in total. The van der Waals surface area contributed by atoms with Gasteiger partial charge in [0.15, 0.2) is 5.65 Å². The summed E-state index contributed by atoms with van der Waals surface area (Å²) in [7, 11) is 0. The average molecular weight is 519 g/mol. The van der Waals surface area contributed by atoms with Gasteiger partial charge in [0.2, 0.25) is 0 Å². The van der Waals surface area contributed by atoms with Gasteiger partial charge in [-0.15, -0.1) is 0 Å². The molecule has 1 amide bonds. The van der Waals surface area contributed by atoms with E-state index in [-0.39, 0.29) is 11.7 Å². The number of phenols is 1. The summed E-state index contributed by atoms with van der Waals surface area (Å²) in [6.07, 6.45) is 3.37. The van der Waals surface area contributed by atoms with Crippen molar-refractivity contribution in [2.45, 2.75) is 12.8 Å². The highest BCUT2D eigenvalue weighted by atomic mass is 79.9. The predicted octanol–water partition coefficient (Wildman–Crippen LogP) is 4.97. The highest BCUT2D eigenvalue weighted by Gasteiger charge is 2.13. The van der Waals surface area contributed by atoms with Gasteiger partial charge in [-0.3, -0.25) is 4.79 Å². The van der Waals surface area contributed by atoms with Crippen molar-refractivity contribution in [3.63, 3.8) is 0 Å². The maximum Gasteiger partial charge on any atom is 0.267 e. The van der Waals surface area contributed by atoms with Crippen LogP contribution in [0.5, 0.6) is 5.75 Å². The van der Waals surface area contributed by atoms with Gasteiger partial charge in [0.25, 0.3) is 5.91 Å². The Bertz CT molecular complexity index is 1440. The van der Waals surface area contributed by atoms with E-state index < -0.39 is 0 Å². The number of aromatic nitrogens is 4. The van der Waals surface area contributed by atoms with Crippen LogP contribution in [0.1, 0.15) is 23.3 Å². The minimum absolute atomic E-state index is 0.103. The number of nitrogens with zero attached hydrogens (tertiary/aromatic N) is 3. The topological polar surface area (TPSA) is 107 Å². The molecule has 34 heavy (non-hydrogen) atoms. The normalized spacial score (nSPS) is 11.2. The van der Waals surface area contributed by atoms with E-state index in [1.165, 1.54) is 0 Å². The molecule has 5 aromatic rings. The van der Waals surface area contributed by atoms with Gasteiger partial charge in [-0.1, -0.05) is 30.3 Å². The van der Waals surface area contributed by atoms with Crippen molar-refractivity contribution in [2.75, 3.05) is 18.4 Å². The molecule has 0 bridgehead atoms. The van der Waals surface area contributed by atoms with Crippen molar-refractivity contribution < 1.29 is 9.90 Å². The van der Waals surface area contributed by atoms with Crippen molar-refractivity contribution in [1.82, 2.24) is 24.9 Å². The Morgan fingerprint density at radius 3 is 2.71 bits per heavy atom. The van der Waals surface area contributed by atoms with Gasteiger partial charge >= 0.3 is 0 Å². The van der Waals surface area contributed by atoms with Crippen LogP contribution in [0.2, 0.25) is 0 Å². The number of hydrogen-bond donors (Lipinski definition) is 4. The Labute approximate surface area is 204 Å². The zero-order valence-corrected chi connectivity index (χ0v) is 19.8. The van der Waals surface area contributed by atoms with Crippen LogP contribution in [-0.2, 0) is 0 Å². The maximum atomic E-state index is 12.4. The molecule has 2 aromatic carbocycles. The number of unbranched alkanes of at least 4 members (excludes halogenated alkanes) is 1. The van der Waals surface area contributed by atoms with Crippen molar-refractivity contribution in [3.05, 3.63) is 77.0 Å². The summed E-state index contributed by atoms with van der Waals surface area (Å²) in [5.74, 6) is 0.844. The van der Waals surface area contributed by atoms with Gasteiger partial charge in [0, 0.05) is 35.6 Å². The number of phenolic OH excluding ortho intramolecular Hbond substituents is 1. The number of carbonyl (C=O) groups excluding carboxylic acids is 1. The summed E-state index contributed by atoms with van der Waals surface area (Å²) < 4.78 is 2.50. The van der Waals surface area contributed by atoms with E-state index in [2.05, 4.69) is 41.6 Å². The number of halogens is 1. The Kier molecular flexibility index (Phi) is 6.18. The number of H-pyrrole nitrogens is 1. The fraction of sp³-hybridized carbons (Fsp3) is 0.160. The fourth-order valence-corrected chi connectivity index (χ4v) is 4.20. The van der Waals surface area contributed by atoms with Crippen LogP contribution in [-0.4, -0.2) is 43.7 Å². The third-order valence-corrected chi connectivity index (χ3v) is 6.14. The first-order chi connectivity index (χ1) is 16.6. The molecule has 5 rings (SSSR count). The molecule has 8 nitrogen and oxygen atoms in total. The molecule has 0 saturated carbocycles. The lowest BCUT2D eigenvalue weighted by molar-refractivity contribution is 0.0949. The van der Waals surface area contributed by atoms with Gasteiger partial charge in [-0.2, -0.15) is 9.61 Å². The van der Waals surface area contributed by atoms with Crippen LogP contribution in [0.4, 0.5) is 5.82 Å². The van der Waals surface area contributed by atoms with Gasteiger partial charge in [0.05, 0.1) is 16.4 Å². The van der Waals surface area contributed by atoms with Crippen LogP contribution < -0.4 is 10.6 Å². The third kappa shape index (κ3) is 4.47. The van der Waals surface area contributed by atoms with E-state index in [4.69, 9.17) is 0 Å². The number of nitrogens with one attached hydrogen (secondary N) is 3. The summed E-state index contributed by atoms with van der Waals surface area (Å²) in [4.78, 5) is 20.2. The van der Waals surface area contributed by atoms with E-state index in [1.807, 2.05) is 48.5 Å². The number of fused-ring (bicyclic) bond motifs is 2. The zero-order chi connectivity index (χ0) is 23.5. The number of aromatic amines is 1. The molecule has 0 unspecified atom stereocenters. The number of anilines is 1. The van der Waals surface area contributed by atoms with E-state index in [0.29, 0.717) is 35.7 Å². The van der Waals surface area contributed by atoms with Crippen molar-refractivity contribution >= 4 is 44.2 Å². The number of hydrogen-bond acceptors (Lipinski definition) is 5. The van der Waals surface area contributed by atoms with Crippen LogP contribution in [0.15, 0.2) is 71.3 Å². The van der Waals surface area contributed by atoms with Crippen molar-refractivity contribution in [3.8, 4) is 17.0 Å². The summed E-state index contributed by atoms with van der Waals surface area (Å²) >= 11 is 3.49. The first-order valence-corrected chi connectivity index (χ1v) is 11.8. The minimum atomic E-state index is -0.103. The first kappa shape index (κ1) is 22.0. The zero-order valence-electron chi connectivity index (χ0n) is 18.3. The van der Waals surface area contributed by atoms with Crippen LogP contribution in [0.3, 0.4) is 0 Å². The molecule has 9 heteroatoms. The Balaban J connectivity index is 1.19. The first-order valence-electron chi connectivity index (χ1n) is 11.0. The second-order valence-electron chi connectivity index (χ2n) is 7.93. The molecule has 3 aromatic heterocycles. The molecular weight excluding hydrogens is 496 g/mol. The molecule has 0 fully saturated rings. The van der Waals surface area contributed by atoms with Crippen LogP contribution in [0, 0.1) is 0 Å². The van der Waals surface area contributed by atoms with Crippen molar-refractivity contribution in [2.24, 2.45) is 0 Å². The molecule has 0 aliphatic heterocycles. The third-order valence-electron chi connectivity index (χ3n) is 5.58. The summed E-state index contributed by atoms with van der Waals surface area (Å²) in [6, 6.07) is 18.7. The van der Waals surface area contributed by atoms with Gasteiger partial charge in [-0.25, -0.2) is 4.98 Å². The molecule has 0 spiro atoms. The predicted molar refractivity (Wildman–Crippen MR) is 136 cm³/mol. The molecule has 0 atom stereocenters. The summed E-state index contributed by atoms with van der Waals surface area (Å²) in [5, 5.41) is 22.0. The largest absolute Gasteiger partial charge is 0.507 e. The number of rotatable bonds is 8. The molecular formula is C25H23BrN6O2. The lowest BCUT2D eigenvalue weighted by Crippen LogP contribution is -2.25. The van der Waals surface area contributed by atoms with Crippen molar-refractivity contribution in [1.29, 1.82) is 0 Å². The minimum Gasteiger partial charge on any atom is -0.507 e. The molecule has 0 aliphatic rings. The lowest BCUT2D eigenvalue weighted by Gasteiger charge is -2.12. The fourth-order valence-electron chi connectivity index (χ4n) is 3.85. The SMILES string of the molecule is O=C(NCCCCNc1cc(-c2ccccc2O)nc2c(Br)cnn12)c1cc2ccccc2[nH]1. The van der Waals surface area contributed by atoms with Gasteiger partial charge in [-0.05, 0) is 53.0 Å². The molecule has 0 saturated heterocycles. The number of para-hydroxylation sites is 2. The van der Waals surface area contributed by atoms with Gasteiger partial charge < -0.3 is 20.7 Å². The average Bonchev–Trinajstić information content (AvgIpc) is 3.45. The molecule has 0 radical (unpaired) electrons. The highest BCUT2D eigenvalue weighted by molar-refractivity contribution is 9.10. The second kappa shape index (κ2) is 9.56. The maximum absolute atomic E-state index is 12.4. The Hall–Kier alpha value is -3.85. The quantitative estimate of drug-likeness (QED) is 0.217. The molecule has 3 heterocycles. The molecule has 172 valence electrons. The second-order valence-corrected chi connectivity index (χ2v) is 8.79. The molecule has 0 aliphatic carbocycles. The summed E-state index contributed by atoms with van der Waals surface area (Å²) in [6.45, 7) is 1.27. The Morgan fingerprint density at radius 1 is 1.06 bits per heavy atom. The van der Waals surface area contributed by atoms with Gasteiger partial charge in [0.1, 0.15) is 17.3 Å². The van der Waals surface area contributed by atoms with Crippen LogP contribution >= 0.6 is 15.9 Å². The highest BCUT2D eigenvalue weighted by Crippen LogP contribution is 2.31. The van der Waals surface area contributed by atoms with E-state index in [1.54, 1.807) is 22.8 Å². The lowest BCUT2D eigenvalue weighted by atomic mass is 10.1. The smallest absolute Gasteiger partial charge is 0.267 e. The number of carbonyl (C=O) groups is 1. The standard InChI is InChI=1S/C25H23BrN6O2/c26-18-15-29-32-23(14-20(31-24(18)32)17-8-2-4-10-22(17)33)27-11-5-6-12-28-25(34)21-13-16-7-1-3-9-19(16)30-21/h1-4,7-10,13-15,27,30,33H,5-6,11-12H2,(H,28,34). The van der Waals surface area contributed by atoms with Crippen LogP contribution in [0.25, 0.3) is 27.8 Å². The number of amides is 1. The van der Waals surface area contributed by atoms with E-state index >= 15 is 0 Å². The summed E-state index contributed by atoms with van der Waals surface area (Å²) in [5.41, 5.74) is 3.49.